The molecule has 0 aromatic rings. The third kappa shape index (κ3) is 4.27. The van der Waals surface area contributed by atoms with Crippen LogP contribution in [-0.4, -0.2) is 18.4 Å². The quantitative estimate of drug-likeness (QED) is 0.414. The summed E-state index contributed by atoms with van der Waals surface area (Å²) in [5.41, 5.74) is 5.28. The Bertz CT molecular complexity index is 333. The van der Waals surface area contributed by atoms with Crippen LogP contribution in [-0.2, 0) is 14.3 Å². The van der Waals surface area contributed by atoms with Crippen LogP contribution in [0.4, 0.5) is 0 Å². The van der Waals surface area contributed by atoms with Crippen LogP contribution >= 0.6 is 0 Å². The summed E-state index contributed by atoms with van der Waals surface area (Å²) in [7, 11) is 0. The van der Waals surface area contributed by atoms with E-state index in [9.17, 15) is 9.59 Å². The van der Waals surface area contributed by atoms with Crippen molar-refractivity contribution in [2.45, 2.75) is 20.8 Å². The smallest absolute Gasteiger partial charge is 0.308 e. The van der Waals surface area contributed by atoms with Gasteiger partial charge in [0.05, 0.1) is 5.92 Å². The van der Waals surface area contributed by atoms with Crippen LogP contribution in [0.5, 0.6) is 0 Å². The van der Waals surface area contributed by atoms with Gasteiger partial charge in [0.2, 0.25) is 5.78 Å². The molecule has 0 radical (unpaired) electrons. The number of nitrogens with two attached hydrogens (primary N) is 1. The van der Waals surface area contributed by atoms with E-state index < -0.39 is 18.4 Å². The third-order valence-electron chi connectivity index (χ3n) is 1.60. The van der Waals surface area contributed by atoms with Gasteiger partial charge in [-0.25, -0.2) is 0 Å². The second kappa shape index (κ2) is 5.81. The fraction of sp³-hybridized carbons (Fsp3) is 0.500. The molecule has 0 amide bonds. The van der Waals surface area contributed by atoms with Crippen LogP contribution in [0.15, 0.2) is 11.3 Å². The van der Waals surface area contributed by atoms with Gasteiger partial charge in [0, 0.05) is 5.70 Å². The molecule has 0 heterocycles. The first-order valence-corrected chi connectivity index (χ1v) is 4.46. The summed E-state index contributed by atoms with van der Waals surface area (Å²) in [6.45, 7) is 4.32. The van der Waals surface area contributed by atoms with Gasteiger partial charge in [0.15, 0.2) is 6.61 Å². The Hall–Kier alpha value is -1.83. The van der Waals surface area contributed by atoms with Crippen LogP contribution in [0.25, 0.3) is 0 Å². The Labute approximate surface area is 88.5 Å². The second-order valence-electron chi connectivity index (χ2n) is 3.36. The maximum atomic E-state index is 11.3. The van der Waals surface area contributed by atoms with Gasteiger partial charge in [0.25, 0.3) is 0 Å². The molecule has 5 nitrogen and oxygen atoms in total. The van der Waals surface area contributed by atoms with Gasteiger partial charge >= 0.3 is 5.97 Å². The van der Waals surface area contributed by atoms with E-state index in [4.69, 9.17) is 11.0 Å². The first-order valence-electron chi connectivity index (χ1n) is 4.46. The van der Waals surface area contributed by atoms with Crippen LogP contribution in [0.1, 0.15) is 20.8 Å². The lowest BCUT2D eigenvalue weighted by Crippen LogP contribution is -2.20. The summed E-state index contributed by atoms with van der Waals surface area (Å²) in [6, 6.07) is 1.67. The summed E-state index contributed by atoms with van der Waals surface area (Å²) in [5, 5.41) is 8.59. The average molecular weight is 210 g/mol. The maximum Gasteiger partial charge on any atom is 0.308 e. The van der Waals surface area contributed by atoms with Gasteiger partial charge in [-0.15, -0.1) is 0 Å². The van der Waals surface area contributed by atoms with Crippen molar-refractivity contribution in [1.29, 1.82) is 5.26 Å². The lowest BCUT2D eigenvalue weighted by Gasteiger charge is -2.06. The Balaban J connectivity index is 4.36. The first-order chi connectivity index (χ1) is 6.90. The molecule has 15 heavy (non-hydrogen) atoms. The lowest BCUT2D eigenvalue weighted by atomic mass is 10.1. The molecule has 0 aliphatic rings. The van der Waals surface area contributed by atoms with Crippen molar-refractivity contribution < 1.29 is 14.3 Å². The van der Waals surface area contributed by atoms with E-state index in [-0.39, 0.29) is 17.2 Å². The highest BCUT2D eigenvalue weighted by Gasteiger charge is 2.15. The number of hydrogen-bond acceptors (Lipinski definition) is 5. The Morgan fingerprint density at radius 2 is 2.00 bits per heavy atom. The molecule has 0 saturated heterocycles. The third-order valence-corrected chi connectivity index (χ3v) is 1.60. The summed E-state index contributed by atoms with van der Waals surface area (Å²) < 4.78 is 4.67. The minimum Gasteiger partial charge on any atom is -0.457 e. The number of allylic oxidation sites excluding steroid dienone is 1. The molecule has 0 rings (SSSR count). The summed E-state index contributed by atoms with van der Waals surface area (Å²) in [4.78, 5) is 22.3. The van der Waals surface area contributed by atoms with Crippen molar-refractivity contribution in [2.24, 2.45) is 11.7 Å². The van der Waals surface area contributed by atoms with Crippen LogP contribution in [0.3, 0.4) is 0 Å². The molecule has 0 fully saturated rings. The normalized spacial score (nSPS) is 11.7. The Morgan fingerprint density at radius 3 is 2.33 bits per heavy atom. The number of nitrogens with zero attached hydrogens (tertiary/aromatic N) is 1. The van der Waals surface area contributed by atoms with E-state index in [1.807, 2.05) is 0 Å². The molecule has 0 aromatic carbocycles. The second-order valence-corrected chi connectivity index (χ2v) is 3.36. The number of hydrogen-bond donors (Lipinski definition) is 1. The van der Waals surface area contributed by atoms with Crippen molar-refractivity contribution in [1.82, 2.24) is 0 Å². The van der Waals surface area contributed by atoms with Gasteiger partial charge in [-0.2, -0.15) is 5.26 Å². The fourth-order valence-electron chi connectivity index (χ4n) is 0.746. The molecule has 0 spiro atoms. The topological polar surface area (TPSA) is 93.2 Å². The zero-order valence-electron chi connectivity index (χ0n) is 9.03. The highest BCUT2D eigenvalue weighted by atomic mass is 16.5. The zero-order chi connectivity index (χ0) is 12.0. The highest BCUT2D eigenvalue weighted by Crippen LogP contribution is 2.01. The van der Waals surface area contributed by atoms with Crippen LogP contribution in [0, 0.1) is 17.2 Å². The number of ketones is 1. The van der Waals surface area contributed by atoms with Gasteiger partial charge < -0.3 is 10.5 Å². The van der Waals surface area contributed by atoms with Crippen molar-refractivity contribution >= 4 is 11.8 Å². The van der Waals surface area contributed by atoms with E-state index in [2.05, 4.69) is 4.74 Å². The predicted octanol–water partition coefficient (Wildman–Crippen LogP) is 0.511. The van der Waals surface area contributed by atoms with E-state index >= 15 is 0 Å². The number of carbonyl (C=O) groups is 2. The molecular formula is C10H14N2O3. The number of rotatable bonds is 4. The summed E-state index contributed by atoms with van der Waals surface area (Å²) >= 11 is 0. The summed E-state index contributed by atoms with van der Waals surface area (Å²) in [5.74, 6) is -1.35. The summed E-state index contributed by atoms with van der Waals surface area (Å²) in [6.07, 6.45) is 0. The van der Waals surface area contributed by atoms with Crippen molar-refractivity contribution in [2.75, 3.05) is 6.61 Å². The Kier molecular flexibility index (Phi) is 5.10. The number of Topliss-reactive ketones (excluding diaryl/α,β-unsaturated/α-hetero) is 1. The molecule has 0 unspecified atom stereocenters. The van der Waals surface area contributed by atoms with E-state index in [0.717, 1.165) is 0 Å². The molecule has 0 aliphatic carbocycles. The molecule has 82 valence electrons. The van der Waals surface area contributed by atoms with Gasteiger partial charge in [-0.05, 0) is 6.92 Å². The molecule has 0 atom stereocenters. The van der Waals surface area contributed by atoms with Crippen molar-refractivity contribution in [3.05, 3.63) is 11.3 Å². The van der Waals surface area contributed by atoms with Gasteiger partial charge in [0.1, 0.15) is 11.6 Å². The SMILES string of the molecule is C/C(N)=C(\C#N)C(=O)COC(=O)C(C)C. The maximum absolute atomic E-state index is 11.3. The van der Waals surface area contributed by atoms with E-state index in [0.29, 0.717) is 0 Å². The van der Waals surface area contributed by atoms with Gasteiger partial charge in [-0.3, -0.25) is 9.59 Å². The number of carbonyl (C=O) groups excluding carboxylic acids is 2. The van der Waals surface area contributed by atoms with Crippen LogP contribution < -0.4 is 5.73 Å². The zero-order valence-corrected chi connectivity index (χ0v) is 9.03. The Morgan fingerprint density at radius 1 is 1.47 bits per heavy atom. The molecule has 0 saturated carbocycles. The molecule has 0 aliphatic heterocycles. The van der Waals surface area contributed by atoms with E-state index in [1.54, 1.807) is 19.9 Å². The fourth-order valence-corrected chi connectivity index (χ4v) is 0.746. The molecule has 5 heteroatoms. The monoisotopic (exact) mass is 210 g/mol. The standard InChI is InChI=1S/C10H14N2O3/c1-6(2)10(14)15-5-9(13)8(4-11)7(3)12/h6H,5,12H2,1-3H3/b8-7-. The number of nitriles is 1. The lowest BCUT2D eigenvalue weighted by molar-refractivity contribution is -0.150. The number of esters is 1. The minimum atomic E-state index is -0.577. The van der Waals surface area contributed by atoms with E-state index in [1.165, 1.54) is 6.92 Å². The minimum absolute atomic E-state index is 0.128. The largest absolute Gasteiger partial charge is 0.457 e. The molecule has 2 N–H and O–H groups in total. The molecular weight excluding hydrogens is 196 g/mol. The highest BCUT2D eigenvalue weighted by molar-refractivity contribution is 6.01. The van der Waals surface area contributed by atoms with Gasteiger partial charge in [-0.1, -0.05) is 13.8 Å². The molecule has 0 bridgehead atoms. The van der Waals surface area contributed by atoms with Crippen molar-refractivity contribution in [3.8, 4) is 6.07 Å². The van der Waals surface area contributed by atoms with Crippen LogP contribution in [0.2, 0.25) is 0 Å². The first kappa shape index (κ1) is 13.2. The molecule has 0 aromatic heterocycles. The number of ether oxygens (including phenoxy) is 1. The van der Waals surface area contributed by atoms with Crippen molar-refractivity contribution in [3.63, 3.8) is 0 Å². The average Bonchev–Trinajstić information content (AvgIpc) is 2.14. The predicted molar refractivity (Wildman–Crippen MR) is 53.3 cm³/mol.